The highest BCUT2D eigenvalue weighted by atomic mass is 19.4. The van der Waals surface area contributed by atoms with Crippen molar-refractivity contribution in [1.29, 1.82) is 0 Å². The minimum atomic E-state index is -4.51. The lowest BCUT2D eigenvalue weighted by atomic mass is 9.94. The van der Waals surface area contributed by atoms with Crippen molar-refractivity contribution in [2.24, 2.45) is 0 Å². The van der Waals surface area contributed by atoms with Gasteiger partial charge in [-0.15, -0.1) is 0 Å². The Hall–Kier alpha value is -3.27. The van der Waals surface area contributed by atoms with E-state index in [0.717, 1.165) is 22.8 Å². The van der Waals surface area contributed by atoms with E-state index < -0.39 is 23.9 Å². The zero-order chi connectivity index (χ0) is 24.9. The minimum absolute atomic E-state index is 0.0368. The van der Waals surface area contributed by atoms with E-state index in [-0.39, 0.29) is 31.7 Å². The number of carboxylic acid groups (broad SMARTS) is 1. The Morgan fingerprint density at radius 3 is 2.44 bits per heavy atom. The molecule has 0 fully saturated rings. The number of rotatable bonds is 7. The maximum atomic E-state index is 13.5. The topological polar surface area (TPSA) is 76.1 Å². The summed E-state index contributed by atoms with van der Waals surface area (Å²) in [5.41, 5.74) is 2.05. The number of halogens is 3. The number of hydrogen-bond donors (Lipinski definition) is 2. The van der Waals surface area contributed by atoms with Gasteiger partial charge in [0.2, 0.25) is 0 Å². The lowest BCUT2D eigenvalue weighted by molar-refractivity contribution is -0.138. The Kier molecular flexibility index (Phi) is 8.03. The molecule has 7 nitrogen and oxygen atoms in total. The van der Waals surface area contributed by atoms with Crippen molar-refractivity contribution in [3.05, 3.63) is 70.3 Å². The molecule has 1 aliphatic rings. The minimum Gasteiger partial charge on any atom is -0.465 e. The molecule has 10 heteroatoms. The molecule has 0 saturated carbocycles. The number of amides is 3. The highest BCUT2D eigenvalue weighted by molar-refractivity contribution is 5.74. The first-order chi connectivity index (χ1) is 16.1. The number of carbonyl (C=O) groups excluding carboxylic acids is 1. The number of alkyl halides is 3. The van der Waals surface area contributed by atoms with Gasteiger partial charge >= 0.3 is 18.3 Å². The van der Waals surface area contributed by atoms with Crippen molar-refractivity contribution in [3.63, 3.8) is 0 Å². The highest BCUT2D eigenvalue weighted by Crippen LogP contribution is 2.32. The molecule has 184 valence electrons. The van der Waals surface area contributed by atoms with Gasteiger partial charge in [-0.05, 0) is 48.8 Å². The molecule has 1 heterocycles. The Morgan fingerprint density at radius 2 is 1.76 bits per heavy atom. The average Bonchev–Trinajstić information content (AvgIpc) is 2.79. The van der Waals surface area contributed by atoms with E-state index in [0.29, 0.717) is 19.5 Å². The number of fused-ring (bicyclic) bond motifs is 1. The molecule has 0 radical (unpaired) electrons. The number of benzene rings is 2. The molecule has 2 aromatic rings. The molecule has 2 aromatic carbocycles. The normalized spacial score (nSPS) is 13.5. The summed E-state index contributed by atoms with van der Waals surface area (Å²) >= 11 is 0. The SMILES string of the molecule is CN(C)CCN(Cc1ccccc1C(F)(F)F)C(=O)NCc1cccc2c1CCN(C(=O)O)C2. The summed E-state index contributed by atoms with van der Waals surface area (Å²) in [6.45, 7) is 1.44. The van der Waals surface area contributed by atoms with Crippen LogP contribution in [-0.4, -0.2) is 65.7 Å². The second-order valence-corrected chi connectivity index (χ2v) is 8.55. The van der Waals surface area contributed by atoms with Gasteiger partial charge in [-0.25, -0.2) is 9.59 Å². The average molecular weight is 479 g/mol. The van der Waals surface area contributed by atoms with Crippen LogP contribution in [0.25, 0.3) is 0 Å². The molecule has 0 aromatic heterocycles. The number of nitrogens with one attached hydrogen (secondary N) is 1. The smallest absolute Gasteiger partial charge is 0.416 e. The van der Waals surface area contributed by atoms with Crippen LogP contribution in [0.15, 0.2) is 42.5 Å². The van der Waals surface area contributed by atoms with Gasteiger partial charge in [0.15, 0.2) is 0 Å². The number of urea groups is 1. The van der Waals surface area contributed by atoms with E-state index >= 15 is 0 Å². The summed E-state index contributed by atoms with van der Waals surface area (Å²) in [6.07, 6.45) is -4.94. The van der Waals surface area contributed by atoms with E-state index in [1.807, 2.05) is 37.2 Å². The van der Waals surface area contributed by atoms with Crippen LogP contribution in [0.4, 0.5) is 22.8 Å². The van der Waals surface area contributed by atoms with Crippen LogP contribution < -0.4 is 5.32 Å². The van der Waals surface area contributed by atoms with Gasteiger partial charge in [0.05, 0.1) is 5.56 Å². The predicted octanol–water partition coefficient (Wildman–Crippen LogP) is 4.01. The van der Waals surface area contributed by atoms with Crippen molar-refractivity contribution in [1.82, 2.24) is 20.0 Å². The molecule has 3 rings (SSSR count). The van der Waals surface area contributed by atoms with Crippen LogP contribution in [0.3, 0.4) is 0 Å². The van der Waals surface area contributed by atoms with Crippen molar-refractivity contribution < 1.29 is 27.9 Å². The molecule has 2 N–H and O–H groups in total. The first-order valence-corrected chi connectivity index (χ1v) is 11.0. The van der Waals surface area contributed by atoms with Crippen molar-refractivity contribution in [2.75, 3.05) is 33.7 Å². The van der Waals surface area contributed by atoms with Crippen LogP contribution in [0.5, 0.6) is 0 Å². The third-order valence-corrected chi connectivity index (χ3v) is 5.85. The van der Waals surface area contributed by atoms with Gasteiger partial charge in [0.25, 0.3) is 0 Å². The van der Waals surface area contributed by atoms with Gasteiger partial charge in [-0.3, -0.25) is 0 Å². The van der Waals surface area contributed by atoms with E-state index in [1.165, 1.54) is 28.0 Å². The lowest BCUT2D eigenvalue weighted by Gasteiger charge is -2.29. The number of carbonyl (C=O) groups is 2. The van der Waals surface area contributed by atoms with Gasteiger partial charge < -0.3 is 25.1 Å². The molecule has 0 aliphatic carbocycles. The van der Waals surface area contributed by atoms with E-state index in [9.17, 15) is 27.9 Å². The molecule has 34 heavy (non-hydrogen) atoms. The Bertz CT molecular complexity index is 1030. The van der Waals surface area contributed by atoms with Crippen LogP contribution >= 0.6 is 0 Å². The summed E-state index contributed by atoms with van der Waals surface area (Å²) < 4.78 is 40.4. The van der Waals surface area contributed by atoms with Crippen LogP contribution in [0.1, 0.15) is 27.8 Å². The molecular formula is C24H29F3N4O3. The summed E-state index contributed by atoms with van der Waals surface area (Å²) in [4.78, 5) is 28.9. The van der Waals surface area contributed by atoms with Crippen LogP contribution in [0.2, 0.25) is 0 Å². The maximum Gasteiger partial charge on any atom is 0.416 e. The molecular weight excluding hydrogens is 449 g/mol. The summed E-state index contributed by atoms with van der Waals surface area (Å²) in [6, 6.07) is 10.4. The first-order valence-electron chi connectivity index (χ1n) is 11.0. The van der Waals surface area contributed by atoms with Crippen LogP contribution in [-0.2, 0) is 32.2 Å². The third kappa shape index (κ3) is 6.40. The molecule has 1 aliphatic heterocycles. The second kappa shape index (κ2) is 10.8. The zero-order valence-corrected chi connectivity index (χ0v) is 19.2. The van der Waals surface area contributed by atoms with E-state index in [1.54, 1.807) is 0 Å². The predicted molar refractivity (Wildman–Crippen MR) is 121 cm³/mol. The van der Waals surface area contributed by atoms with Crippen LogP contribution in [0, 0.1) is 0 Å². The summed E-state index contributed by atoms with van der Waals surface area (Å²) in [5.74, 6) is 0. The van der Waals surface area contributed by atoms with Gasteiger partial charge in [-0.1, -0.05) is 36.4 Å². The van der Waals surface area contributed by atoms with Gasteiger partial charge in [-0.2, -0.15) is 13.2 Å². The summed E-state index contributed by atoms with van der Waals surface area (Å²) in [7, 11) is 3.66. The van der Waals surface area contributed by atoms with E-state index in [2.05, 4.69) is 5.32 Å². The van der Waals surface area contributed by atoms with Crippen molar-refractivity contribution >= 4 is 12.1 Å². The Morgan fingerprint density at radius 1 is 1.06 bits per heavy atom. The molecule has 0 unspecified atom stereocenters. The van der Waals surface area contributed by atoms with Crippen molar-refractivity contribution in [3.8, 4) is 0 Å². The highest BCUT2D eigenvalue weighted by Gasteiger charge is 2.33. The zero-order valence-electron chi connectivity index (χ0n) is 19.2. The molecule has 0 spiro atoms. The lowest BCUT2D eigenvalue weighted by Crippen LogP contribution is -2.43. The second-order valence-electron chi connectivity index (χ2n) is 8.55. The van der Waals surface area contributed by atoms with E-state index in [4.69, 9.17) is 0 Å². The fraction of sp³-hybridized carbons (Fsp3) is 0.417. The monoisotopic (exact) mass is 478 g/mol. The summed E-state index contributed by atoms with van der Waals surface area (Å²) in [5, 5.41) is 12.1. The standard InChI is InChI=1S/C24H29F3N4O3/c1-29(2)12-13-30(16-19-6-3-4-9-21(19)24(25,26)27)22(32)28-14-17-7-5-8-18-15-31(23(33)34)11-10-20(17)18/h3-9H,10-16H2,1-2H3,(H,28,32)(H,33,34). The Balaban J connectivity index is 1.74. The Labute approximate surface area is 196 Å². The maximum absolute atomic E-state index is 13.5. The number of nitrogens with zero attached hydrogens (tertiary/aromatic N) is 3. The fourth-order valence-electron chi connectivity index (χ4n) is 4.01. The largest absolute Gasteiger partial charge is 0.465 e. The fourth-order valence-corrected chi connectivity index (χ4v) is 4.01. The number of hydrogen-bond acceptors (Lipinski definition) is 3. The quantitative estimate of drug-likeness (QED) is 0.631. The molecule has 0 saturated heterocycles. The van der Waals surface area contributed by atoms with Crippen molar-refractivity contribution in [2.45, 2.75) is 32.2 Å². The van der Waals surface area contributed by atoms with Gasteiger partial charge in [0.1, 0.15) is 0 Å². The third-order valence-electron chi connectivity index (χ3n) is 5.85. The number of likely N-dealkylation sites (N-methyl/N-ethyl adjacent to an activating group) is 1. The molecule has 0 atom stereocenters. The molecule has 3 amide bonds. The first kappa shape index (κ1) is 25.4. The van der Waals surface area contributed by atoms with Gasteiger partial charge in [0, 0.05) is 39.3 Å². The molecule has 0 bridgehead atoms.